The van der Waals surface area contributed by atoms with Gasteiger partial charge in [0.1, 0.15) is 5.75 Å². The lowest BCUT2D eigenvalue weighted by Crippen LogP contribution is -2.26. The number of benzene rings is 1. The summed E-state index contributed by atoms with van der Waals surface area (Å²) in [5, 5.41) is 0. The Balaban J connectivity index is 2.29. The Kier molecular flexibility index (Phi) is 3.47. The van der Waals surface area contributed by atoms with Crippen molar-refractivity contribution in [3.63, 3.8) is 0 Å². The molecule has 0 amide bonds. The summed E-state index contributed by atoms with van der Waals surface area (Å²) in [6.07, 6.45) is 3.34. The third-order valence-electron chi connectivity index (χ3n) is 4.27. The highest BCUT2D eigenvalue weighted by molar-refractivity contribution is 5.99. The first-order valence-corrected chi connectivity index (χ1v) is 6.64. The fourth-order valence-corrected chi connectivity index (χ4v) is 3.04. The molecule has 0 bridgehead atoms. The molecule has 1 fully saturated rings. The first-order valence-electron chi connectivity index (χ1n) is 6.64. The molecule has 1 unspecified atom stereocenters. The van der Waals surface area contributed by atoms with Crippen molar-refractivity contribution in [2.75, 3.05) is 7.11 Å². The predicted octanol–water partition coefficient (Wildman–Crippen LogP) is 4.01. The number of Topliss-reactive ketones (excluding diaryl/α,β-unsaturated/α-hetero) is 1. The van der Waals surface area contributed by atoms with E-state index in [1.807, 2.05) is 25.1 Å². The van der Waals surface area contributed by atoms with Crippen LogP contribution < -0.4 is 4.74 Å². The lowest BCUT2D eigenvalue weighted by molar-refractivity contribution is 0.0838. The second-order valence-corrected chi connectivity index (χ2v) is 5.98. The number of rotatable bonds is 3. The van der Waals surface area contributed by atoms with Crippen LogP contribution in [0.15, 0.2) is 18.2 Å². The molecule has 0 aromatic heterocycles. The summed E-state index contributed by atoms with van der Waals surface area (Å²) in [6, 6.07) is 5.72. The average molecular weight is 246 g/mol. The van der Waals surface area contributed by atoms with Crippen LogP contribution in [0.4, 0.5) is 0 Å². The summed E-state index contributed by atoms with van der Waals surface area (Å²) in [5.41, 5.74) is 2.02. The number of hydrogen-bond donors (Lipinski definition) is 0. The molecule has 1 aromatic rings. The molecule has 1 atom stereocenters. The molecule has 1 aliphatic rings. The third-order valence-corrected chi connectivity index (χ3v) is 4.27. The minimum absolute atomic E-state index is 0.142. The fourth-order valence-electron chi connectivity index (χ4n) is 3.04. The van der Waals surface area contributed by atoms with E-state index in [0.29, 0.717) is 5.78 Å². The molecule has 0 spiro atoms. The number of carbonyl (C=O) groups excluding carboxylic acids is 1. The number of methoxy groups -OCH3 is 1. The molecule has 0 heterocycles. The van der Waals surface area contributed by atoms with Gasteiger partial charge in [-0.15, -0.1) is 0 Å². The van der Waals surface area contributed by atoms with E-state index in [1.54, 1.807) is 7.11 Å². The minimum atomic E-state index is 0.142. The molecular formula is C16H22O2. The zero-order chi connectivity index (χ0) is 13.3. The highest BCUT2D eigenvalue weighted by Gasteiger charge is 2.39. The Bertz CT molecular complexity index is 460. The van der Waals surface area contributed by atoms with Crippen molar-refractivity contribution in [2.24, 2.45) is 11.3 Å². The van der Waals surface area contributed by atoms with E-state index in [2.05, 4.69) is 13.8 Å². The molecule has 2 heteroatoms. The highest BCUT2D eigenvalue weighted by Crippen LogP contribution is 2.44. The zero-order valence-electron chi connectivity index (χ0n) is 11.7. The van der Waals surface area contributed by atoms with Gasteiger partial charge in [-0.1, -0.05) is 20.3 Å². The summed E-state index contributed by atoms with van der Waals surface area (Å²) in [6.45, 7) is 6.40. The van der Waals surface area contributed by atoms with Gasteiger partial charge in [0.05, 0.1) is 7.11 Å². The summed E-state index contributed by atoms with van der Waals surface area (Å²) < 4.78 is 5.18. The van der Waals surface area contributed by atoms with Crippen LogP contribution in [0.2, 0.25) is 0 Å². The van der Waals surface area contributed by atoms with Gasteiger partial charge in [-0.05, 0) is 48.9 Å². The van der Waals surface area contributed by atoms with Crippen LogP contribution in [-0.2, 0) is 0 Å². The summed E-state index contributed by atoms with van der Waals surface area (Å²) in [4.78, 5) is 12.6. The van der Waals surface area contributed by atoms with E-state index >= 15 is 0 Å². The SMILES string of the molecule is COc1ccc(C(=O)C2CCCC2(C)C)c(C)c1. The largest absolute Gasteiger partial charge is 0.497 e. The third kappa shape index (κ3) is 2.29. The molecule has 18 heavy (non-hydrogen) atoms. The lowest BCUT2D eigenvalue weighted by Gasteiger charge is -2.26. The first-order chi connectivity index (χ1) is 8.45. The predicted molar refractivity (Wildman–Crippen MR) is 73.2 cm³/mol. The van der Waals surface area contributed by atoms with E-state index in [-0.39, 0.29) is 11.3 Å². The van der Waals surface area contributed by atoms with Crippen LogP contribution in [0, 0.1) is 18.3 Å². The van der Waals surface area contributed by atoms with Crippen molar-refractivity contribution in [3.8, 4) is 5.75 Å². The maximum atomic E-state index is 12.6. The first kappa shape index (κ1) is 13.1. The number of carbonyl (C=O) groups is 1. The van der Waals surface area contributed by atoms with Crippen molar-refractivity contribution in [1.82, 2.24) is 0 Å². The number of ketones is 1. The van der Waals surface area contributed by atoms with Crippen molar-refractivity contribution in [1.29, 1.82) is 0 Å². The molecular weight excluding hydrogens is 224 g/mol. The van der Waals surface area contributed by atoms with E-state index in [1.165, 1.54) is 6.42 Å². The summed E-state index contributed by atoms with van der Waals surface area (Å²) in [5.74, 6) is 1.29. The topological polar surface area (TPSA) is 26.3 Å². The second kappa shape index (κ2) is 4.75. The molecule has 0 aliphatic heterocycles. The minimum Gasteiger partial charge on any atom is -0.497 e. The Labute approximate surface area is 109 Å². The molecule has 1 aromatic carbocycles. The van der Waals surface area contributed by atoms with Crippen LogP contribution in [0.3, 0.4) is 0 Å². The Morgan fingerprint density at radius 1 is 1.39 bits per heavy atom. The highest BCUT2D eigenvalue weighted by atomic mass is 16.5. The van der Waals surface area contributed by atoms with E-state index in [0.717, 1.165) is 29.7 Å². The van der Waals surface area contributed by atoms with Gasteiger partial charge in [0.15, 0.2) is 5.78 Å². The summed E-state index contributed by atoms with van der Waals surface area (Å²) in [7, 11) is 1.65. The normalized spacial score (nSPS) is 21.9. The molecule has 0 saturated heterocycles. The van der Waals surface area contributed by atoms with Gasteiger partial charge >= 0.3 is 0 Å². The second-order valence-electron chi connectivity index (χ2n) is 5.98. The van der Waals surface area contributed by atoms with Crippen LogP contribution >= 0.6 is 0 Å². The van der Waals surface area contributed by atoms with Crippen molar-refractivity contribution < 1.29 is 9.53 Å². The van der Waals surface area contributed by atoms with Crippen molar-refractivity contribution in [2.45, 2.75) is 40.0 Å². The monoisotopic (exact) mass is 246 g/mol. The van der Waals surface area contributed by atoms with Gasteiger partial charge in [-0.25, -0.2) is 0 Å². The lowest BCUT2D eigenvalue weighted by atomic mass is 9.77. The van der Waals surface area contributed by atoms with Gasteiger partial charge in [-0.3, -0.25) is 4.79 Å². The van der Waals surface area contributed by atoms with Crippen molar-refractivity contribution >= 4 is 5.78 Å². The standard InChI is InChI=1S/C16H22O2/c1-11-10-12(18-4)7-8-13(11)15(17)14-6-5-9-16(14,2)3/h7-8,10,14H,5-6,9H2,1-4H3. The zero-order valence-corrected chi connectivity index (χ0v) is 11.7. The quantitative estimate of drug-likeness (QED) is 0.753. The maximum absolute atomic E-state index is 12.6. The Morgan fingerprint density at radius 2 is 2.11 bits per heavy atom. The smallest absolute Gasteiger partial charge is 0.166 e. The number of aryl methyl sites for hydroxylation is 1. The van der Waals surface area contributed by atoms with Gasteiger partial charge in [0, 0.05) is 11.5 Å². The molecule has 1 saturated carbocycles. The van der Waals surface area contributed by atoms with Crippen LogP contribution in [0.1, 0.15) is 49.0 Å². The summed E-state index contributed by atoms with van der Waals surface area (Å²) >= 11 is 0. The molecule has 0 radical (unpaired) electrons. The molecule has 2 nitrogen and oxygen atoms in total. The number of hydrogen-bond acceptors (Lipinski definition) is 2. The van der Waals surface area contributed by atoms with E-state index in [4.69, 9.17) is 4.74 Å². The van der Waals surface area contributed by atoms with Gasteiger partial charge in [-0.2, -0.15) is 0 Å². The Morgan fingerprint density at radius 3 is 2.61 bits per heavy atom. The van der Waals surface area contributed by atoms with Crippen molar-refractivity contribution in [3.05, 3.63) is 29.3 Å². The van der Waals surface area contributed by atoms with Crippen LogP contribution in [-0.4, -0.2) is 12.9 Å². The molecule has 2 rings (SSSR count). The molecule has 98 valence electrons. The molecule has 0 N–H and O–H groups in total. The van der Waals surface area contributed by atoms with Crippen LogP contribution in [0.5, 0.6) is 5.75 Å². The van der Waals surface area contributed by atoms with E-state index in [9.17, 15) is 4.79 Å². The fraction of sp³-hybridized carbons (Fsp3) is 0.562. The molecule has 1 aliphatic carbocycles. The van der Waals surface area contributed by atoms with Crippen LogP contribution in [0.25, 0.3) is 0 Å². The average Bonchev–Trinajstić information content (AvgIpc) is 2.68. The van der Waals surface area contributed by atoms with E-state index < -0.39 is 0 Å². The Hall–Kier alpha value is -1.31. The van der Waals surface area contributed by atoms with Gasteiger partial charge in [0.2, 0.25) is 0 Å². The number of ether oxygens (including phenoxy) is 1. The van der Waals surface area contributed by atoms with Gasteiger partial charge < -0.3 is 4.74 Å². The van der Waals surface area contributed by atoms with Gasteiger partial charge in [0.25, 0.3) is 0 Å². The maximum Gasteiger partial charge on any atom is 0.166 e.